The van der Waals surface area contributed by atoms with E-state index in [4.69, 9.17) is 0 Å². The molecule has 1 aromatic carbocycles. The van der Waals surface area contributed by atoms with Gasteiger partial charge in [0.05, 0.1) is 0 Å². The summed E-state index contributed by atoms with van der Waals surface area (Å²) in [7, 11) is 0. The van der Waals surface area contributed by atoms with E-state index in [9.17, 15) is 9.50 Å². The zero-order chi connectivity index (χ0) is 9.97. The minimum Gasteiger partial charge on any atom is -0.508 e. The van der Waals surface area contributed by atoms with Crippen LogP contribution in [0.1, 0.15) is 11.6 Å². The molecule has 0 bridgehead atoms. The average molecular weight is 196 g/mol. The Bertz CT molecular complexity index is 324. The Hall–Kier alpha value is -1.13. The van der Waals surface area contributed by atoms with Crippen molar-refractivity contribution in [1.82, 2.24) is 10.6 Å². The molecule has 4 heteroatoms. The Morgan fingerprint density at radius 2 is 2.21 bits per heavy atom. The Labute approximate surface area is 81.9 Å². The van der Waals surface area contributed by atoms with Crippen LogP contribution in [-0.2, 0) is 0 Å². The van der Waals surface area contributed by atoms with Crippen LogP contribution in [0, 0.1) is 5.82 Å². The molecule has 0 aromatic heterocycles. The van der Waals surface area contributed by atoms with Crippen molar-refractivity contribution >= 4 is 0 Å². The van der Waals surface area contributed by atoms with Gasteiger partial charge in [-0.25, -0.2) is 4.39 Å². The van der Waals surface area contributed by atoms with Crippen LogP contribution in [0.3, 0.4) is 0 Å². The Kier molecular flexibility index (Phi) is 2.65. The molecule has 1 saturated heterocycles. The van der Waals surface area contributed by atoms with Gasteiger partial charge in [-0.2, -0.15) is 0 Å². The van der Waals surface area contributed by atoms with Gasteiger partial charge in [0.1, 0.15) is 11.6 Å². The van der Waals surface area contributed by atoms with Crippen LogP contribution < -0.4 is 10.6 Å². The molecule has 0 radical (unpaired) electrons. The van der Waals surface area contributed by atoms with E-state index in [0.717, 1.165) is 31.3 Å². The van der Waals surface area contributed by atoms with Crippen molar-refractivity contribution in [2.45, 2.75) is 6.04 Å². The molecule has 1 aliphatic rings. The fourth-order valence-electron chi connectivity index (χ4n) is 1.68. The molecular weight excluding hydrogens is 183 g/mol. The van der Waals surface area contributed by atoms with Crippen LogP contribution in [0.25, 0.3) is 0 Å². The first-order valence-corrected chi connectivity index (χ1v) is 4.70. The molecule has 1 aromatic rings. The average Bonchev–Trinajstić information content (AvgIpc) is 2.19. The first-order chi connectivity index (χ1) is 6.77. The number of hydrogen-bond acceptors (Lipinski definition) is 3. The number of hydrogen-bond donors (Lipinski definition) is 3. The van der Waals surface area contributed by atoms with Gasteiger partial charge in [0.2, 0.25) is 0 Å². The second-order valence-electron chi connectivity index (χ2n) is 3.41. The van der Waals surface area contributed by atoms with Crippen molar-refractivity contribution in [1.29, 1.82) is 0 Å². The number of piperazine rings is 1. The predicted molar refractivity (Wildman–Crippen MR) is 51.7 cm³/mol. The van der Waals surface area contributed by atoms with Crippen LogP contribution >= 0.6 is 0 Å². The first-order valence-electron chi connectivity index (χ1n) is 4.70. The smallest absolute Gasteiger partial charge is 0.126 e. The van der Waals surface area contributed by atoms with Gasteiger partial charge in [0.15, 0.2) is 0 Å². The Balaban J connectivity index is 2.22. The number of nitrogens with one attached hydrogen (secondary N) is 2. The number of phenols is 1. The molecular formula is C10H13FN2O. The summed E-state index contributed by atoms with van der Waals surface area (Å²) in [5.41, 5.74) is 0.749. The highest BCUT2D eigenvalue weighted by Crippen LogP contribution is 2.25. The van der Waals surface area contributed by atoms with Crippen molar-refractivity contribution in [3.05, 3.63) is 29.6 Å². The fraction of sp³-hybridized carbons (Fsp3) is 0.400. The Morgan fingerprint density at radius 3 is 2.86 bits per heavy atom. The van der Waals surface area contributed by atoms with Crippen molar-refractivity contribution in [2.24, 2.45) is 0 Å². The van der Waals surface area contributed by atoms with Gasteiger partial charge in [-0.1, -0.05) is 6.07 Å². The predicted octanol–water partition coefficient (Wildman–Crippen LogP) is 0.765. The molecule has 0 spiro atoms. The van der Waals surface area contributed by atoms with Crippen LogP contribution in [0.2, 0.25) is 0 Å². The molecule has 3 N–H and O–H groups in total. The fourth-order valence-corrected chi connectivity index (χ4v) is 1.68. The summed E-state index contributed by atoms with van der Waals surface area (Å²) in [6.07, 6.45) is 0. The van der Waals surface area contributed by atoms with Gasteiger partial charge < -0.3 is 15.7 Å². The summed E-state index contributed by atoms with van der Waals surface area (Å²) in [6.45, 7) is 2.55. The summed E-state index contributed by atoms with van der Waals surface area (Å²) < 4.78 is 12.7. The van der Waals surface area contributed by atoms with Crippen molar-refractivity contribution in [3.8, 4) is 5.75 Å². The largest absolute Gasteiger partial charge is 0.508 e. The summed E-state index contributed by atoms with van der Waals surface area (Å²) in [5.74, 6) is -0.388. The number of phenolic OH excluding ortho intramolecular Hbond substituents is 1. The van der Waals surface area contributed by atoms with Gasteiger partial charge in [-0.15, -0.1) is 0 Å². The lowest BCUT2D eigenvalue weighted by Gasteiger charge is -2.25. The molecule has 3 nitrogen and oxygen atoms in total. The maximum atomic E-state index is 12.7. The number of aromatic hydroxyl groups is 1. The van der Waals surface area contributed by atoms with E-state index in [1.807, 2.05) is 0 Å². The lowest BCUT2D eigenvalue weighted by atomic mass is 10.0. The zero-order valence-electron chi connectivity index (χ0n) is 7.76. The summed E-state index contributed by atoms with van der Waals surface area (Å²) in [5, 5.41) is 16.0. The van der Waals surface area contributed by atoms with E-state index in [2.05, 4.69) is 10.6 Å². The van der Waals surface area contributed by atoms with E-state index in [1.165, 1.54) is 6.07 Å². The second-order valence-corrected chi connectivity index (χ2v) is 3.41. The molecule has 0 unspecified atom stereocenters. The lowest BCUT2D eigenvalue weighted by Crippen LogP contribution is -2.42. The monoisotopic (exact) mass is 196 g/mol. The van der Waals surface area contributed by atoms with Crippen LogP contribution in [0.4, 0.5) is 4.39 Å². The minimum atomic E-state index is -0.407. The number of rotatable bonds is 1. The van der Waals surface area contributed by atoms with Gasteiger partial charge in [-0.3, -0.25) is 0 Å². The van der Waals surface area contributed by atoms with Gasteiger partial charge in [-0.05, 0) is 6.07 Å². The molecule has 1 fully saturated rings. The zero-order valence-corrected chi connectivity index (χ0v) is 7.76. The quantitative estimate of drug-likeness (QED) is 0.621. The summed E-state index contributed by atoms with van der Waals surface area (Å²) in [6, 6.07) is 4.20. The van der Waals surface area contributed by atoms with E-state index >= 15 is 0 Å². The third-order valence-corrected chi connectivity index (χ3v) is 2.41. The molecule has 0 amide bonds. The van der Waals surface area contributed by atoms with Crippen molar-refractivity contribution < 1.29 is 9.50 Å². The normalized spacial score (nSPS) is 22.2. The molecule has 76 valence electrons. The van der Waals surface area contributed by atoms with Crippen LogP contribution in [0.5, 0.6) is 5.75 Å². The molecule has 2 rings (SSSR count). The second kappa shape index (κ2) is 3.94. The summed E-state index contributed by atoms with van der Waals surface area (Å²) in [4.78, 5) is 0. The maximum absolute atomic E-state index is 12.7. The minimum absolute atomic E-state index is 0.0196. The van der Waals surface area contributed by atoms with Crippen molar-refractivity contribution in [2.75, 3.05) is 19.6 Å². The van der Waals surface area contributed by atoms with E-state index in [1.54, 1.807) is 6.07 Å². The highest BCUT2D eigenvalue weighted by atomic mass is 19.1. The Morgan fingerprint density at radius 1 is 1.36 bits per heavy atom. The molecule has 0 aliphatic carbocycles. The molecule has 14 heavy (non-hydrogen) atoms. The highest BCUT2D eigenvalue weighted by molar-refractivity contribution is 5.35. The maximum Gasteiger partial charge on any atom is 0.126 e. The van der Waals surface area contributed by atoms with Gasteiger partial charge in [0, 0.05) is 37.3 Å². The third kappa shape index (κ3) is 1.86. The van der Waals surface area contributed by atoms with Gasteiger partial charge >= 0.3 is 0 Å². The van der Waals surface area contributed by atoms with E-state index in [0.29, 0.717) is 0 Å². The third-order valence-electron chi connectivity index (χ3n) is 2.41. The van der Waals surface area contributed by atoms with Crippen molar-refractivity contribution in [3.63, 3.8) is 0 Å². The summed E-state index contributed by atoms with van der Waals surface area (Å²) >= 11 is 0. The van der Waals surface area contributed by atoms with E-state index < -0.39 is 5.82 Å². The van der Waals surface area contributed by atoms with E-state index in [-0.39, 0.29) is 11.8 Å². The molecule has 1 atom stereocenters. The lowest BCUT2D eigenvalue weighted by molar-refractivity contribution is 0.402. The SMILES string of the molecule is Oc1cc(F)ccc1[C@H]1CNCCN1. The first kappa shape index (κ1) is 9.43. The molecule has 1 heterocycles. The van der Waals surface area contributed by atoms with Crippen LogP contribution in [0.15, 0.2) is 18.2 Å². The highest BCUT2D eigenvalue weighted by Gasteiger charge is 2.17. The molecule has 1 aliphatic heterocycles. The van der Waals surface area contributed by atoms with Gasteiger partial charge in [0.25, 0.3) is 0 Å². The molecule has 0 saturated carbocycles. The standard InChI is InChI=1S/C10H13FN2O/c11-7-1-2-8(10(14)5-7)9-6-12-3-4-13-9/h1-2,5,9,12-14H,3-4,6H2/t9-/m1/s1. The number of benzene rings is 1. The van der Waals surface area contributed by atoms with Crippen LogP contribution in [-0.4, -0.2) is 24.7 Å². The topological polar surface area (TPSA) is 44.3 Å². The number of halogens is 1.